The second kappa shape index (κ2) is 16.3. The third-order valence-corrected chi connectivity index (χ3v) is 11.0. The first-order valence-corrected chi connectivity index (χ1v) is 19.3. The first kappa shape index (κ1) is 40.5. The second-order valence-electron chi connectivity index (χ2n) is 15.0. The predicted molar refractivity (Wildman–Crippen MR) is 211 cm³/mol. The van der Waals surface area contributed by atoms with Crippen LogP contribution in [0.5, 0.6) is 0 Å². The summed E-state index contributed by atoms with van der Waals surface area (Å²) in [5.41, 5.74) is 1.37. The topological polar surface area (TPSA) is 139 Å². The van der Waals surface area contributed by atoms with Crippen LogP contribution in [-0.2, 0) is 22.8 Å². The lowest BCUT2D eigenvalue weighted by molar-refractivity contribution is -0.141. The minimum Gasteiger partial charge on any atom is -0.357 e. The number of fused-ring (bicyclic) bond motifs is 2. The predicted octanol–water partition coefficient (Wildman–Crippen LogP) is 7.14. The average Bonchev–Trinajstić information content (AvgIpc) is 3.68. The molecule has 3 fully saturated rings. The molecule has 0 spiro atoms. The molecule has 5 heterocycles. The van der Waals surface area contributed by atoms with Crippen molar-refractivity contribution >= 4 is 51.0 Å². The van der Waals surface area contributed by atoms with Crippen molar-refractivity contribution in [2.45, 2.75) is 82.5 Å². The van der Waals surface area contributed by atoms with Crippen molar-refractivity contribution in [1.82, 2.24) is 34.1 Å². The number of imidazole rings is 1. The number of aryl methyl sites for hydroxylation is 1. The van der Waals surface area contributed by atoms with E-state index in [9.17, 15) is 41.1 Å². The minimum atomic E-state index is -4.59. The molecule has 2 aliphatic heterocycles. The highest BCUT2D eigenvalue weighted by Crippen LogP contribution is 2.34. The van der Waals surface area contributed by atoms with Crippen LogP contribution in [0.1, 0.15) is 89.4 Å². The molecule has 1 aliphatic carbocycles. The molecule has 2 saturated heterocycles. The van der Waals surface area contributed by atoms with Gasteiger partial charge in [-0.15, -0.1) is 0 Å². The van der Waals surface area contributed by atoms with Gasteiger partial charge in [-0.2, -0.15) is 18.3 Å². The molecule has 312 valence electrons. The first-order chi connectivity index (χ1) is 27.6. The SMILES string of the molecule is CCN1CN(c2cccc3c2n(C)c(=O)n3C2CCC(=O)NC2=O)CCC(F)(F)C1.O=C(Nc1ccc2nn(C3CCCCC3)cc2c1)c1cccc(C(F)(F)F)n1.[HH].[HH]. The van der Waals surface area contributed by atoms with Gasteiger partial charge in [-0.1, -0.05) is 38.3 Å². The summed E-state index contributed by atoms with van der Waals surface area (Å²) in [5.74, 6) is -4.32. The highest BCUT2D eigenvalue weighted by Gasteiger charge is 2.37. The van der Waals surface area contributed by atoms with Crippen molar-refractivity contribution in [2.75, 3.05) is 36.5 Å². The number of carbonyl (C=O) groups excluding carboxylic acids is 3. The molecule has 58 heavy (non-hydrogen) atoms. The van der Waals surface area contributed by atoms with E-state index in [1.54, 1.807) is 42.3 Å². The number of halogens is 5. The second-order valence-corrected chi connectivity index (χ2v) is 15.0. The molecule has 3 amide bonds. The number of carbonyl (C=O) groups is 3. The zero-order chi connectivity index (χ0) is 41.4. The maximum atomic E-state index is 14.2. The van der Waals surface area contributed by atoms with Crippen molar-refractivity contribution in [2.24, 2.45) is 7.05 Å². The number of para-hydroxylation sites is 1. The van der Waals surface area contributed by atoms with Crippen LogP contribution in [0.2, 0.25) is 0 Å². The largest absolute Gasteiger partial charge is 0.433 e. The fourth-order valence-electron chi connectivity index (χ4n) is 7.95. The van der Waals surface area contributed by atoms with E-state index in [0.29, 0.717) is 41.7 Å². The van der Waals surface area contributed by atoms with E-state index in [0.717, 1.165) is 29.8 Å². The Kier molecular flexibility index (Phi) is 11.4. The number of rotatable bonds is 6. The van der Waals surface area contributed by atoms with Gasteiger partial charge >= 0.3 is 11.9 Å². The van der Waals surface area contributed by atoms with Crippen molar-refractivity contribution in [3.63, 3.8) is 0 Å². The summed E-state index contributed by atoms with van der Waals surface area (Å²) in [4.78, 5) is 56.2. The summed E-state index contributed by atoms with van der Waals surface area (Å²) < 4.78 is 71.5. The first-order valence-electron chi connectivity index (χ1n) is 19.3. The molecule has 1 saturated carbocycles. The maximum absolute atomic E-state index is 14.2. The highest BCUT2D eigenvalue weighted by atomic mass is 19.4. The molecular formula is C40H48F5N9O4. The van der Waals surface area contributed by atoms with Gasteiger partial charge < -0.3 is 10.2 Å². The smallest absolute Gasteiger partial charge is 0.357 e. The number of aromatic nitrogens is 5. The number of hydrogen-bond donors (Lipinski definition) is 2. The fraction of sp³-hybridized carbons (Fsp3) is 0.450. The number of anilines is 2. The molecule has 13 nitrogen and oxygen atoms in total. The zero-order valence-electron chi connectivity index (χ0n) is 32.1. The van der Waals surface area contributed by atoms with Gasteiger partial charge in [-0.25, -0.2) is 18.6 Å². The number of benzene rings is 2. The van der Waals surface area contributed by atoms with Gasteiger partial charge in [0.2, 0.25) is 11.8 Å². The molecular weight excluding hydrogens is 765 g/mol. The highest BCUT2D eigenvalue weighted by molar-refractivity contribution is 6.04. The summed E-state index contributed by atoms with van der Waals surface area (Å²) in [6.45, 7) is 2.50. The quantitative estimate of drug-likeness (QED) is 0.136. The van der Waals surface area contributed by atoms with Crippen molar-refractivity contribution in [1.29, 1.82) is 0 Å². The van der Waals surface area contributed by atoms with Crippen LogP contribution in [0.4, 0.5) is 33.3 Å². The van der Waals surface area contributed by atoms with Crippen molar-refractivity contribution in [3.05, 3.63) is 82.7 Å². The Morgan fingerprint density at radius 3 is 2.50 bits per heavy atom. The Bertz CT molecular complexity index is 2410. The van der Waals surface area contributed by atoms with Crippen LogP contribution < -0.4 is 21.2 Å². The van der Waals surface area contributed by atoms with E-state index in [4.69, 9.17) is 0 Å². The van der Waals surface area contributed by atoms with Gasteiger partial charge in [0, 0.05) is 46.6 Å². The molecule has 1 unspecified atom stereocenters. The lowest BCUT2D eigenvalue weighted by Crippen LogP contribution is -2.44. The number of imide groups is 1. The van der Waals surface area contributed by atoms with E-state index in [1.807, 2.05) is 28.8 Å². The van der Waals surface area contributed by atoms with E-state index in [1.165, 1.54) is 40.5 Å². The Labute approximate surface area is 332 Å². The molecule has 0 bridgehead atoms. The van der Waals surface area contributed by atoms with E-state index in [2.05, 4.69) is 20.7 Å². The van der Waals surface area contributed by atoms with Crippen LogP contribution >= 0.6 is 0 Å². The van der Waals surface area contributed by atoms with Crippen LogP contribution in [0.3, 0.4) is 0 Å². The lowest BCUT2D eigenvalue weighted by Gasteiger charge is -2.28. The number of amides is 3. The number of pyridine rings is 1. The minimum absolute atomic E-state index is 0. The summed E-state index contributed by atoms with van der Waals surface area (Å²) in [7, 11) is 1.61. The van der Waals surface area contributed by atoms with Crippen LogP contribution in [-0.4, -0.2) is 78.7 Å². The number of piperidine rings is 1. The molecule has 2 aromatic carbocycles. The Hall–Kier alpha value is -5.65. The van der Waals surface area contributed by atoms with Crippen molar-refractivity contribution < 1.29 is 39.2 Å². The Balaban J connectivity index is 0.000000221. The molecule has 3 aromatic heterocycles. The Morgan fingerprint density at radius 2 is 1.78 bits per heavy atom. The van der Waals surface area contributed by atoms with Gasteiger partial charge in [-0.05, 0) is 68.3 Å². The van der Waals surface area contributed by atoms with Gasteiger partial charge in [0.25, 0.3) is 11.8 Å². The molecule has 5 aromatic rings. The lowest BCUT2D eigenvalue weighted by atomic mass is 9.96. The summed E-state index contributed by atoms with van der Waals surface area (Å²) in [6.07, 6.45) is 3.38. The van der Waals surface area contributed by atoms with E-state index in [-0.39, 0.29) is 52.5 Å². The number of alkyl halides is 5. The number of nitrogens with one attached hydrogen (secondary N) is 2. The molecule has 8 rings (SSSR count). The van der Waals surface area contributed by atoms with E-state index >= 15 is 0 Å². The van der Waals surface area contributed by atoms with Gasteiger partial charge in [0.15, 0.2) is 0 Å². The summed E-state index contributed by atoms with van der Waals surface area (Å²) >= 11 is 0. The standard InChI is InChI=1S/C20H19F3N4O.C20H25F2N5O3.2H2/c21-20(22,23)18-8-4-7-17(25-18)19(28)24-14-9-10-16-13(11-14)12-27(26-16)15-5-2-1-3-6-15;1-3-25-11-20(21,22)9-10-26(12-25)13-5-4-6-14-17(13)24(2)19(30)27(14)15-7-8-16(28)23-18(15)29;;/h4,7-12,15H,1-3,5-6H2,(H,24,28);4-6,15H,3,7-12H2,1-2H3,(H,23,28,29);2*1H. The summed E-state index contributed by atoms with van der Waals surface area (Å²) in [5, 5.41) is 10.4. The van der Waals surface area contributed by atoms with Crippen LogP contribution in [0.15, 0.2) is 65.6 Å². The molecule has 1 atom stereocenters. The maximum Gasteiger partial charge on any atom is 0.433 e. The fourth-order valence-corrected chi connectivity index (χ4v) is 7.95. The van der Waals surface area contributed by atoms with Crippen LogP contribution in [0.25, 0.3) is 21.9 Å². The summed E-state index contributed by atoms with van der Waals surface area (Å²) in [6, 6.07) is 13.4. The number of hydrogen-bond acceptors (Lipinski definition) is 8. The van der Waals surface area contributed by atoms with Gasteiger partial charge in [0.05, 0.1) is 41.5 Å². The molecule has 0 radical (unpaired) electrons. The normalized spacial score (nSPS) is 19.4. The third kappa shape index (κ3) is 8.61. The van der Waals surface area contributed by atoms with Crippen molar-refractivity contribution in [3.8, 4) is 0 Å². The third-order valence-electron chi connectivity index (χ3n) is 11.0. The Morgan fingerprint density at radius 1 is 1.02 bits per heavy atom. The average molecular weight is 814 g/mol. The monoisotopic (exact) mass is 813 g/mol. The van der Waals surface area contributed by atoms with Gasteiger partial charge in [0.1, 0.15) is 17.4 Å². The van der Waals surface area contributed by atoms with E-state index < -0.39 is 35.6 Å². The molecule has 3 aliphatic rings. The van der Waals surface area contributed by atoms with Gasteiger partial charge in [-0.3, -0.25) is 38.4 Å². The van der Waals surface area contributed by atoms with Crippen LogP contribution in [0, 0.1) is 0 Å². The molecule has 2 N–H and O–H groups in total. The molecule has 18 heteroatoms. The number of nitrogens with zero attached hydrogens (tertiary/aromatic N) is 7. The zero-order valence-corrected chi connectivity index (χ0v) is 32.1.